The number of carbonyl (C=O) groups excluding carboxylic acids is 1. The monoisotopic (exact) mass is 287 g/mol. The third-order valence-electron chi connectivity index (χ3n) is 3.25. The Morgan fingerprint density at radius 2 is 2.00 bits per heavy atom. The SMILES string of the molecule is CCOC(=O)c1nn(Cc2ccc(C(C)C)cc2)cc1N. The van der Waals surface area contributed by atoms with Gasteiger partial charge in [-0.05, 0) is 24.0 Å². The molecule has 0 aliphatic rings. The van der Waals surface area contributed by atoms with Gasteiger partial charge in [0.25, 0.3) is 0 Å². The molecular weight excluding hydrogens is 266 g/mol. The third kappa shape index (κ3) is 3.62. The van der Waals surface area contributed by atoms with Crippen LogP contribution in [0.5, 0.6) is 0 Å². The number of esters is 1. The average molecular weight is 287 g/mol. The lowest BCUT2D eigenvalue weighted by molar-refractivity contribution is 0.0519. The van der Waals surface area contributed by atoms with Gasteiger partial charge in [0.1, 0.15) is 0 Å². The van der Waals surface area contributed by atoms with Gasteiger partial charge in [-0.25, -0.2) is 4.79 Å². The number of rotatable bonds is 5. The fourth-order valence-electron chi connectivity index (χ4n) is 2.07. The predicted molar refractivity (Wildman–Crippen MR) is 82.2 cm³/mol. The summed E-state index contributed by atoms with van der Waals surface area (Å²) in [5.74, 6) is 0.0266. The van der Waals surface area contributed by atoms with Crippen LogP contribution in [0, 0.1) is 0 Å². The zero-order chi connectivity index (χ0) is 15.4. The lowest BCUT2D eigenvalue weighted by atomic mass is 10.0. The predicted octanol–water partition coefficient (Wildman–Crippen LogP) is 2.81. The Kier molecular flexibility index (Phi) is 4.62. The molecule has 21 heavy (non-hydrogen) atoms. The molecule has 5 nitrogen and oxygen atoms in total. The van der Waals surface area contributed by atoms with Crippen LogP contribution in [0.1, 0.15) is 48.3 Å². The second-order valence-corrected chi connectivity index (χ2v) is 5.25. The number of aromatic nitrogens is 2. The molecule has 0 bridgehead atoms. The Labute approximate surface area is 124 Å². The molecule has 1 aromatic carbocycles. The Morgan fingerprint density at radius 1 is 1.33 bits per heavy atom. The first kappa shape index (κ1) is 15.1. The molecule has 0 fully saturated rings. The molecule has 0 radical (unpaired) electrons. The standard InChI is InChI=1S/C16H21N3O2/c1-4-21-16(20)15-14(17)10-19(18-15)9-12-5-7-13(8-6-12)11(2)3/h5-8,10-11H,4,9,17H2,1-3H3. The summed E-state index contributed by atoms with van der Waals surface area (Å²) in [4.78, 5) is 11.7. The zero-order valence-corrected chi connectivity index (χ0v) is 12.7. The smallest absolute Gasteiger partial charge is 0.361 e. The lowest BCUT2D eigenvalue weighted by Crippen LogP contribution is -2.09. The number of benzene rings is 1. The maximum absolute atomic E-state index is 11.7. The molecule has 0 spiro atoms. The molecule has 112 valence electrons. The minimum absolute atomic E-state index is 0.177. The molecule has 2 rings (SSSR count). The van der Waals surface area contributed by atoms with Gasteiger partial charge in [-0.2, -0.15) is 5.10 Å². The molecular formula is C16H21N3O2. The van der Waals surface area contributed by atoms with Gasteiger partial charge in [0.2, 0.25) is 0 Å². The van der Waals surface area contributed by atoms with Gasteiger partial charge in [-0.1, -0.05) is 38.1 Å². The van der Waals surface area contributed by atoms with Gasteiger partial charge in [-0.3, -0.25) is 4.68 Å². The number of ether oxygens (including phenoxy) is 1. The van der Waals surface area contributed by atoms with Crippen molar-refractivity contribution in [3.8, 4) is 0 Å². The van der Waals surface area contributed by atoms with E-state index >= 15 is 0 Å². The first-order chi connectivity index (χ1) is 10.0. The lowest BCUT2D eigenvalue weighted by Gasteiger charge is -2.07. The first-order valence-electron chi connectivity index (χ1n) is 7.10. The van der Waals surface area contributed by atoms with E-state index in [1.807, 2.05) is 0 Å². The van der Waals surface area contributed by atoms with E-state index in [-0.39, 0.29) is 5.69 Å². The second-order valence-electron chi connectivity index (χ2n) is 5.25. The maximum atomic E-state index is 11.7. The molecule has 1 heterocycles. The number of hydrogen-bond donors (Lipinski definition) is 1. The van der Waals surface area contributed by atoms with Crippen molar-refractivity contribution in [1.29, 1.82) is 0 Å². The van der Waals surface area contributed by atoms with Crippen molar-refractivity contribution >= 4 is 11.7 Å². The van der Waals surface area contributed by atoms with E-state index in [4.69, 9.17) is 10.5 Å². The van der Waals surface area contributed by atoms with Crippen LogP contribution in [-0.4, -0.2) is 22.4 Å². The molecule has 2 aromatic rings. The van der Waals surface area contributed by atoms with E-state index in [9.17, 15) is 4.79 Å². The molecule has 5 heteroatoms. The Morgan fingerprint density at radius 3 is 2.57 bits per heavy atom. The Bertz CT molecular complexity index is 615. The van der Waals surface area contributed by atoms with Crippen LogP contribution < -0.4 is 5.73 Å². The molecule has 0 amide bonds. The number of carbonyl (C=O) groups is 1. The highest BCUT2D eigenvalue weighted by atomic mass is 16.5. The van der Waals surface area contributed by atoms with Crippen LogP contribution in [0.2, 0.25) is 0 Å². The van der Waals surface area contributed by atoms with Gasteiger partial charge in [0, 0.05) is 6.20 Å². The second kappa shape index (κ2) is 6.43. The third-order valence-corrected chi connectivity index (χ3v) is 3.25. The van der Waals surface area contributed by atoms with Crippen LogP contribution in [-0.2, 0) is 11.3 Å². The molecule has 0 aliphatic heterocycles. The number of nitrogens with two attached hydrogens (primary N) is 1. The summed E-state index contributed by atoms with van der Waals surface area (Å²) in [7, 11) is 0. The van der Waals surface area contributed by atoms with Crippen molar-refractivity contribution in [2.45, 2.75) is 33.2 Å². The van der Waals surface area contributed by atoms with Gasteiger partial charge in [-0.15, -0.1) is 0 Å². The minimum Gasteiger partial charge on any atom is -0.461 e. The number of nitrogen functional groups attached to an aromatic ring is 1. The van der Waals surface area contributed by atoms with Crippen LogP contribution in [0.3, 0.4) is 0 Å². The largest absolute Gasteiger partial charge is 0.461 e. The van der Waals surface area contributed by atoms with Gasteiger partial charge in [0.05, 0.1) is 18.8 Å². The Hall–Kier alpha value is -2.30. The molecule has 0 atom stereocenters. The summed E-state index contributed by atoms with van der Waals surface area (Å²) < 4.78 is 6.58. The van der Waals surface area contributed by atoms with Gasteiger partial charge < -0.3 is 10.5 Å². The normalized spacial score (nSPS) is 10.9. The van der Waals surface area contributed by atoms with Crippen LogP contribution in [0.4, 0.5) is 5.69 Å². The van der Waals surface area contributed by atoms with Crippen molar-refractivity contribution in [2.24, 2.45) is 0 Å². The van der Waals surface area contributed by atoms with Gasteiger partial charge in [0.15, 0.2) is 5.69 Å². The summed E-state index contributed by atoms with van der Waals surface area (Å²) in [6.45, 7) is 6.95. The van der Waals surface area contributed by atoms with Crippen LogP contribution in [0.25, 0.3) is 0 Å². The van der Waals surface area contributed by atoms with Crippen LogP contribution in [0.15, 0.2) is 30.5 Å². The van der Waals surface area contributed by atoms with Crippen molar-refractivity contribution < 1.29 is 9.53 Å². The van der Waals surface area contributed by atoms with Crippen molar-refractivity contribution in [3.05, 3.63) is 47.3 Å². The van der Waals surface area contributed by atoms with Crippen LogP contribution >= 0.6 is 0 Å². The molecule has 0 unspecified atom stereocenters. The molecule has 0 aliphatic carbocycles. The molecule has 0 saturated heterocycles. The fraction of sp³-hybridized carbons (Fsp3) is 0.375. The van der Waals surface area contributed by atoms with Crippen molar-refractivity contribution in [1.82, 2.24) is 9.78 Å². The maximum Gasteiger partial charge on any atom is 0.361 e. The van der Waals surface area contributed by atoms with Crippen molar-refractivity contribution in [3.63, 3.8) is 0 Å². The fourth-order valence-corrected chi connectivity index (χ4v) is 2.07. The minimum atomic E-state index is -0.482. The highest BCUT2D eigenvalue weighted by Gasteiger charge is 2.15. The summed E-state index contributed by atoms with van der Waals surface area (Å²) in [6.07, 6.45) is 1.66. The summed E-state index contributed by atoms with van der Waals surface area (Å²) in [6, 6.07) is 8.35. The zero-order valence-electron chi connectivity index (χ0n) is 12.7. The topological polar surface area (TPSA) is 70.1 Å². The first-order valence-corrected chi connectivity index (χ1v) is 7.10. The average Bonchev–Trinajstić information content (AvgIpc) is 2.80. The van der Waals surface area contributed by atoms with E-state index < -0.39 is 5.97 Å². The Balaban J connectivity index is 2.13. The van der Waals surface area contributed by atoms with Crippen molar-refractivity contribution in [2.75, 3.05) is 12.3 Å². The number of anilines is 1. The molecule has 1 aromatic heterocycles. The summed E-state index contributed by atoms with van der Waals surface area (Å²) in [5, 5.41) is 4.20. The summed E-state index contributed by atoms with van der Waals surface area (Å²) in [5.41, 5.74) is 8.73. The molecule has 0 saturated carbocycles. The highest BCUT2D eigenvalue weighted by Crippen LogP contribution is 2.16. The van der Waals surface area contributed by atoms with E-state index in [1.54, 1.807) is 17.8 Å². The quantitative estimate of drug-likeness (QED) is 0.858. The summed E-state index contributed by atoms with van der Waals surface area (Å²) >= 11 is 0. The van der Waals surface area contributed by atoms with E-state index in [1.165, 1.54) is 5.56 Å². The number of nitrogens with zero attached hydrogens (tertiary/aromatic N) is 2. The van der Waals surface area contributed by atoms with E-state index in [0.29, 0.717) is 24.8 Å². The van der Waals surface area contributed by atoms with Gasteiger partial charge >= 0.3 is 5.97 Å². The molecule has 2 N–H and O–H groups in total. The van der Waals surface area contributed by atoms with E-state index in [0.717, 1.165) is 5.56 Å². The number of hydrogen-bond acceptors (Lipinski definition) is 4. The van der Waals surface area contributed by atoms with E-state index in [2.05, 4.69) is 43.2 Å². The highest BCUT2D eigenvalue weighted by molar-refractivity contribution is 5.92.